The normalized spacial score (nSPS) is 14.4. The van der Waals surface area contributed by atoms with Crippen molar-refractivity contribution in [3.63, 3.8) is 0 Å². The van der Waals surface area contributed by atoms with Crippen LogP contribution in [0.2, 0.25) is 0 Å². The molecule has 7 heteroatoms. The van der Waals surface area contributed by atoms with Gasteiger partial charge in [0.2, 0.25) is 0 Å². The lowest BCUT2D eigenvalue weighted by Gasteiger charge is -2.27. The summed E-state index contributed by atoms with van der Waals surface area (Å²) in [5.41, 5.74) is 2.96. The molecule has 0 aromatic heterocycles. The highest BCUT2D eigenvalue weighted by Crippen LogP contribution is 2.18. The molecule has 1 aliphatic rings. The van der Waals surface area contributed by atoms with E-state index in [-0.39, 0.29) is 18.3 Å². The predicted molar refractivity (Wildman–Crippen MR) is 109 cm³/mol. The first-order valence-corrected chi connectivity index (χ1v) is 9.95. The van der Waals surface area contributed by atoms with Gasteiger partial charge in [-0.3, -0.25) is 4.90 Å². The summed E-state index contributed by atoms with van der Waals surface area (Å²) in [5, 5.41) is 5.65. The molecule has 1 fully saturated rings. The lowest BCUT2D eigenvalue weighted by Crippen LogP contribution is -2.37. The van der Waals surface area contributed by atoms with E-state index in [0.29, 0.717) is 18.7 Å². The third kappa shape index (κ3) is 6.44. The molecule has 0 radical (unpaired) electrons. The second-order valence-corrected chi connectivity index (χ2v) is 6.89. The fourth-order valence-corrected chi connectivity index (χ4v) is 3.23. The van der Waals surface area contributed by atoms with Crippen LogP contribution in [0.15, 0.2) is 42.5 Å². The van der Waals surface area contributed by atoms with Crippen molar-refractivity contribution >= 4 is 6.03 Å². The SMILES string of the molecule is CCOc1ccc(CNC(=O)NCc2ccccc2CN2CCOCC2)cc1F. The van der Waals surface area contributed by atoms with Gasteiger partial charge in [0.1, 0.15) is 0 Å². The molecule has 29 heavy (non-hydrogen) atoms. The van der Waals surface area contributed by atoms with Gasteiger partial charge in [0.15, 0.2) is 11.6 Å². The van der Waals surface area contributed by atoms with E-state index in [9.17, 15) is 9.18 Å². The van der Waals surface area contributed by atoms with Crippen LogP contribution in [0.4, 0.5) is 9.18 Å². The molecule has 2 N–H and O–H groups in total. The van der Waals surface area contributed by atoms with Crippen LogP contribution in [0.3, 0.4) is 0 Å². The number of hydrogen-bond acceptors (Lipinski definition) is 4. The molecule has 0 saturated carbocycles. The number of urea groups is 1. The van der Waals surface area contributed by atoms with Crippen molar-refractivity contribution in [2.45, 2.75) is 26.6 Å². The van der Waals surface area contributed by atoms with Crippen LogP contribution in [0, 0.1) is 5.82 Å². The summed E-state index contributed by atoms with van der Waals surface area (Å²) in [4.78, 5) is 14.5. The van der Waals surface area contributed by atoms with Gasteiger partial charge < -0.3 is 20.1 Å². The van der Waals surface area contributed by atoms with Crippen LogP contribution in [0.5, 0.6) is 5.75 Å². The Labute approximate surface area is 171 Å². The van der Waals surface area contributed by atoms with Crippen LogP contribution < -0.4 is 15.4 Å². The van der Waals surface area contributed by atoms with Gasteiger partial charge in [-0.05, 0) is 35.7 Å². The smallest absolute Gasteiger partial charge is 0.315 e. The van der Waals surface area contributed by atoms with Gasteiger partial charge in [-0.1, -0.05) is 30.3 Å². The Balaban J connectivity index is 1.48. The number of ether oxygens (including phenoxy) is 2. The molecule has 6 nitrogen and oxygen atoms in total. The molecule has 3 rings (SSSR count). The number of rotatable bonds is 8. The van der Waals surface area contributed by atoms with E-state index < -0.39 is 5.82 Å². The highest BCUT2D eigenvalue weighted by atomic mass is 19.1. The number of hydrogen-bond donors (Lipinski definition) is 2. The van der Waals surface area contributed by atoms with Crippen molar-refractivity contribution in [3.05, 3.63) is 65.0 Å². The molecule has 0 atom stereocenters. The maximum atomic E-state index is 13.9. The molecule has 0 spiro atoms. The van der Waals surface area contributed by atoms with Gasteiger partial charge in [0.05, 0.1) is 19.8 Å². The Kier molecular flexibility index (Phi) is 7.84. The van der Waals surface area contributed by atoms with Gasteiger partial charge in [0, 0.05) is 32.7 Å². The van der Waals surface area contributed by atoms with Gasteiger partial charge in [-0.2, -0.15) is 0 Å². The largest absolute Gasteiger partial charge is 0.491 e. The molecule has 156 valence electrons. The van der Waals surface area contributed by atoms with E-state index in [0.717, 1.165) is 38.4 Å². The van der Waals surface area contributed by atoms with E-state index in [4.69, 9.17) is 9.47 Å². The molecule has 1 aliphatic heterocycles. The average molecular weight is 401 g/mol. The summed E-state index contributed by atoms with van der Waals surface area (Å²) in [6, 6.07) is 12.5. The van der Waals surface area contributed by atoms with Crippen LogP contribution in [0.25, 0.3) is 0 Å². The van der Waals surface area contributed by atoms with E-state index in [2.05, 4.69) is 21.6 Å². The quantitative estimate of drug-likeness (QED) is 0.714. The Morgan fingerprint density at radius 1 is 1.10 bits per heavy atom. The zero-order valence-electron chi connectivity index (χ0n) is 16.7. The molecular weight excluding hydrogens is 373 g/mol. The van der Waals surface area contributed by atoms with Gasteiger partial charge in [-0.15, -0.1) is 0 Å². The standard InChI is InChI=1S/C22H28FN3O3/c1-2-29-21-8-7-17(13-20(21)23)14-24-22(27)25-15-18-5-3-4-6-19(18)16-26-9-11-28-12-10-26/h3-8,13H,2,9-12,14-16H2,1H3,(H2,24,25,27). The number of nitrogens with one attached hydrogen (secondary N) is 2. The van der Waals surface area contributed by atoms with E-state index >= 15 is 0 Å². The second-order valence-electron chi connectivity index (χ2n) is 6.89. The van der Waals surface area contributed by atoms with Gasteiger partial charge >= 0.3 is 6.03 Å². The first kappa shape index (κ1) is 21.1. The van der Waals surface area contributed by atoms with Crippen LogP contribution in [-0.4, -0.2) is 43.8 Å². The fourth-order valence-electron chi connectivity index (χ4n) is 3.23. The van der Waals surface area contributed by atoms with Crippen molar-refractivity contribution in [2.75, 3.05) is 32.9 Å². The van der Waals surface area contributed by atoms with E-state index in [1.807, 2.05) is 18.2 Å². The lowest BCUT2D eigenvalue weighted by atomic mass is 10.1. The number of halogens is 1. The minimum absolute atomic E-state index is 0.220. The molecular formula is C22H28FN3O3. The monoisotopic (exact) mass is 401 g/mol. The number of morpholine rings is 1. The van der Waals surface area contributed by atoms with Gasteiger partial charge in [-0.25, -0.2) is 9.18 Å². The number of benzene rings is 2. The molecule has 1 saturated heterocycles. The summed E-state index contributed by atoms with van der Waals surface area (Å²) in [5.74, 6) is -0.207. The van der Waals surface area contributed by atoms with Crippen molar-refractivity contribution in [1.29, 1.82) is 0 Å². The van der Waals surface area contributed by atoms with Crippen LogP contribution in [-0.2, 0) is 24.4 Å². The average Bonchev–Trinajstić information content (AvgIpc) is 2.74. The maximum Gasteiger partial charge on any atom is 0.315 e. The number of carbonyl (C=O) groups excluding carboxylic acids is 1. The maximum absolute atomic E-state index is 13.9. The summed E-state index contributed by atoms with van der Waals surface area (Å²) in [7, 11) is 0. The minimum Gasteiger partial charge on any atom is -0.491 e. The van der Waals surface area contributed by atoms with Crippen molar-refractivity contribution < 1.29 is 18.7 Å². The van der Waals surface area contributed by atoms with Crippen LogP contribution in [0.1, 0.15) is 23.6 Å². The van der Waals surface area contributed by atoms with Crippen LogP contribution >= 0.6 is 0 Å². The third-order valence-electron chi connectivity index (χ3n) is 4.80. The van der Waals surface area contributed by atoms with E-state index in [1.165, 1.54) is 11.6 Å². The number of nitrogens with zero attached hydrogens (tertiary/aromatic N) is 1. The Bertz CT molecular complexity index is 810. The molecule has 0 aliphatic carbocycles. The summed E-state index contributed by atoms with van der Waals surface area (Å²) in [6.45, 7) is 7.08. The molecule has 2 aromatic carbocycles. The Hall–Kier alpha value is -2.64. The summed E-state index contributed by atoms with van der Waals surface area (Å²) in [6.07, 6.45) is 0. The van der Waals surface area contributed by atoms with Crippen molar-refractivity contribution in [1.82, 2.24) is 15.5 Å². The third-order valence-corrected chi connectivity index (χ3v) is 4.80. The molecule has 2 aromatic rings. The van der Waals surface area contributed by atoms with Gasteiger partial charge in [0.25, 0.3) is 0 Å². The first-order chi connectivity index (χ1) is 14.2. The molecule has 0 bridgehead atoms. The summed E-state index contributed by atoms with van der Waals surface area (Å²) >= 11 is 0. The van der Waals surface area contributed by atoms with Crippen molar-refractivity contribution in [2.24, 2.45) is 0 Å². The zero-order valence-corrected chi connectivity index (χ0v) is 16.7. The second kappa shape index (κ2) is 10.8. The summed E-state index contributed by atoms with van der Waals surface area (Å²) < 4.78 is 24.5. The zero-order chi connectivity index (χ0) is 20.5. The first-order valence-electron chi connectivity index (χ1n) is 9.95. The Morgan fingerprint density at radius 2 is 1.83 bits per heavy atom. The topological polar surface area (TPSA) is 62.8 Å². The minimum atomic E-state index is -0.427. The number of carbonyl (C=O) groups is 1. The Morgan fingerprint density at radius 3 is 2.55 bits per heavy atom. The highest BCUT2D eigenvalue weighted by molar-refractivity contribution is 5.73. The lowest BCUT2D eigenvalue weighted by molar-refractivity contribution is 0.0341. The molecule has 2 amide bonds. The predicted octanol–water partition coefficient (Wildman–Crippen LogP) is 3.06. The van der Waals surface area contributed by atoms with E-state index in [1.54, 1.807) is 19.1 Å². The molecule has 0 unspecified atom stereocenters. The van der Waals surface area contributed by atoms with Crippen molar-refractivity contribution in [3.8, 4) is 5.75 Å². The molecule has 1 heterocycles. The fraction of sp³-hybridized carbons (Fsp3) is 0.409. The highest BCUT2D eigenvalue weighted by Gasteiger charge is 2.13. The number of amides is 2.